The first-order chi connectivity index (χ1) is 12.9. The number of hydrogen-bond acceptors (Lipinski definition) is 2. The minimum Gasteiger partial charge on any atom is -0.356 e. The Bertz CT molecular complexity index is 711. The maximum Gasteiger partial charge on any atom is 0.226 e. The predicted octanol–water partition coefficient (Wildman–Crippen LogP) is 4.19. The molecular formula is C22H29FN2O2. The SMILES string of the molecule is Cc1ccc(NC(=O)CCCNC(=O)C23CC4CC(CC(C4)C2)C3)cc1F. The van der Waals surface area contributed by atoms with Crippen molar-refractivity contribution in [2.45, 2.75) is 58.3 Å². The summed E-state index contributed by atoms with van der Waals surface area (Å²) in [5, 5.41) is 5.81. The number of hydrogen-bond donors (Lipinski definition) is 2. The Balaban J connectivity index is 1.21. The lowest BCUT2D eigenvalue weighted by Crippen LogP contribution is -2.53. The first-order valence-corrected chi connectivity index (χ1v) is 10.3. The van der Waals surface area contributed by atoms with Crippen LogP contribution < -0.4 is 10.6 Å². The van der Waals surface area contributed by atoms with Crippen LogP contribution in [0.1, 0.15) is 56.9 Å². The highest BCUT2D eigenvalue weighted by atomic mass is 19.1. The summed E-state index contributed by atoms with van der Waals surface area (Å²) in [5.41, 5.74) is 0.900. The van der Waals surface area contributed by atoms with E-state index in [4.69, 9.17) is 0 Å². The highest BCUT2D eigenvalue weighted by molar-refractivity contribution is 5.90. The highest BCUT2D eigenvalue weighted by Crippen LogP contribution is 2.60. The Hall–Kier alpha value is -1.91. The fraction of sp³-hybridized carbons (Fsp3) is 0.636. The van der Waals surface area contributed by atoms with Gasteiger partial charge in [0.05, 0.1) is 0 Å². The summed E-state index contributed by atoms with van der Waals surface area (Å²) in [4.78, 5) is 24.9. The monoisotopic (exact) mass is 372 g/mol. The molecule has 4 fully saturated rings. The lowest BCUT2D eigenvalue weighted by atomic mass is 9.49. The maximum atomic E-state index is 13.5. The number of benzene rings is 1. The number of aryl methyl sites for hydroxylation is 1. The third kappa shape index (κ3) is 3.87. The van der Waals surface area contributed by atoms with Gasteiger partial charge in [-0.15, -0.1) is 0 Å². The molecule has 0 saturated heterocycles. The molecule has 4 aliphatic rings. The van der Waals surface area contributed by atoms with Crippen molar-refractivity contribution in [3.05, 3.63) is 29.6 Å². The van der Waals surface area contributed by atoms with Gasteiger partial charge in [0.2, 0.25) is 11.8 Å². The molecule has 2 amide bonds. The average Bonchev–Trinajstić information content (AvgIpc) is 2.60. The summed E-state index contributed by atoms with van der Waals surface area (Å²) in [5.74, 6) is 1.99. The Morgan fingerprint density at radius 2 is 1.74 bits per heavy atom. The maximum absolute atomic E-state index is 13.5. The van der Waals surface area contributed by atoms with Gasteiger partial charge in [-0.05, 0) is 87.3 Å². The van der Waals surface area contributed by atoms with Crippen molar-refractivity contribution in [2.24, 2.45) is 23.2 Å². The summed E-state index contributed by atoms with van der Waals surface area (Å²) < 4.78 is 13.5. The van der Waals surface area contributed by atoms with E-state index in [-0.39, 0.29) is 23.0 Å². The van der Waals surface area contributed by atoms with E-state index < -0.39 is 0 Å². The van der Waals surface area contributed by atoms with Gasteiger partial charge < -0.3 is 10.6 Å². The van der Waals surface area contributed by atoms with Gasteiger partial charge in [-0.2, -0.15) is 0 Å². The van der Waals surface area contributed by atoms with E-state index in [0.29, 0.717) is 30.6 Å². The molecule has 0 radical (unpaired) electrons. The number of nitrogens with one attached hydrogen (secondary N) is 2. The van der Waals surface area contributed by atoms with E-state index in [9.17, 15) is 14.0 Å². The Morgan fingerprint density at radius 3 is 2.33 bits per heavy atom. The van der Waals surface area contributed by atoms with Crippen LogP contribution in [0.5, 0.6) is 0 Å². The largest absolute Gasteiger partial charge is 0.356 e. The zero-order valence-corrected chi connectivity index (χ0v) is 16.0. The highest BCUT2D eigenvalue weighted by Gasteiger charge is 2.54. The number of halogens is 1. The van der Waals surface area contributed by atoms with Crippen molar-refractivity contribution in [3.8, 4) is 0 Å². The van der Waals surface area contributed by atoms with Gasteiger partial charge in [0, 0.05) is 24.1 Å². The normalized spacial score (nSPS) is 31.0. The van der Waals surface area contributed by atoms with E-state index in [2.05, 4.69) is 10.6 Å². The third-order valence-corrected chi connectivity index (χ3v) is 6.84. The zero-order valence-electron chi connectivity index (χ0n) is 16.0. The summed E-state index contributed by atoms with van der Waals surface area (Å²) in [6, 6.07) is 4.68. The zero-order chi connectivity index (χ0) is 19.0. The lowest BCUT2D eigenvalue weighted by Gasteiger charge is -2.55. The van der Waals surface area contributed by atoms with Gasteiger partial charge in [-0.3, -0.25) is 9.59 Å². The van der Waals surface area contributed by atoms with Crippen LogP contribution >= 0.6 is 0 Å². The lowest BCUT2D eigenvalue weighted by molar-refractivity contribution is -0.146. The van der Waals surface area contributed by atoms with Gasteiger partial charge in [-0.25, -0.2) is 4.39 Å². The number of amides is 2. The molecule has 0 heterocycles. The van der Waals surface area contributed by atoms with Crippen molar-refractivity contribution in [1.82, 2.24) is 5.32 Å². The van der Waals surface area contributed by atoms with Gasteiger partial charge in [0.1, 0.15) is 5.82 Å². The molecule has 5 rings (SSSR count). The Kier molecular flexibility index (Phi) is 4.95. The minimum atomic E-state index is -0.323. The quantitative estimate of drug-likeness (QED) is 0.736. The van der Waals surface area contributed by atoms with E-state index in [1.165, 1.54) is 25.3 Å². The van der Waals surface area contributed by atoms with Gasteiger partial charge in [0.25, 0.3) is 0 Å². The summed E-state index contributed by atoms with van der Waals surface area (Å²) in [6.45, 7) is 2.21. The second-order valence-electron chi connectivity index (χ2n) is 9.07. The molecule has 1 aromatic rings. The van der Waals surface area contributed by atoms with Gasteiger partial charge in [-0.1, -0.05) is 6.07 Å². The van der Waals surface area contributed by atoms with Crippen LogP contribution in [-0.4, -0.2) is 18.4 Å². The molecule has 0 unspecified atom stereocenters. The molecule has 27 heavy (non-hydrogen) atoms. The first kappa shape index (κ1) is 18.5. The topological polar surface area (TPSA) is 58.2 Å². The van der Waals surface area contributed by atoms with Crippen molar-refractivity contribution < 1.29 is 14.0 Å². The molecule has 0 aliphatic heterocycles. The minimum absolute atomic E-state index is 0.129. The first-order valence-electron chi connectivity index (χ1n) is 10.3. The third-order valence-electron chi connectivity index (χ3n) is 6.84. The van der Waals surface area contributed by atoms with E-state index >= 15 is 0 Å². The number of anilines is 1. The molecule has 4 nitrogen and oxygen atoms in total. The molecule has 5 heteroatoms. The van der Waals surface area contributed by atoms with E-state index in [1.54, 1.807) is 19.1 Å². The van der Waals surface area contributed by atoms with Gasteiger partial charge >= 0.3 is 0 Å². The van der Waals surface area contributed by atoms with E-state index in [0.717, 1.165) is 37.0 Å². The van der Waals surface area contributed by atoms with Crippen LogP contribution in [0.4, 0.5) is 10.1 Å². The summed E-state index contributed by atoms with van der Waals surface area (Å²) >= 11 is 0. The molecule has 0 atom stereocenters. The molecule has 4 bridgehead atoms. The van der Waals surface area contributed by atoms with Crippen LogP contribution in [0, 0.1) is 35.9 Å². The Labute approximate surface area is 160 Å². The van der Waals surface area contributed by atoms with Crippen molar-refractivity contribution in [2.75, 3.05) is 11.9 Å². The van der Waals surface area contributed by atoms with Crippen LogP contribution in [0.2, 0.25) is 0 Å². The molecule has 2 N–H and O–H groups in total. The van der Waals surface area contributed by atoms with Crippen LogP contribution in [-0.2, 0) is 9.59 Å². The molecular weight excluding hydrogens is 343 g/mol. The second kappa shape index (κ2) is 7.25. The molecule has 0 spiro atoms. The number of carbonyl (C=O) groups excluding carboxylic acids is 2. The van der Waals surface area contributed by atoms with Crippen LogP contribution in [0.3, 0.4) is 0 Å². The number of carbonyl (C=O) groups is 2. The van der Waals surface area contributed by atoms with Crippen molar-refractivity contribution in [1.29, 1.82) is 0 Å². The van der Waals surface area contributed by atoms with Gasteiger partial charge in [0.15, 0.2) is 0 Å². The number of rotatable bonds is 6. The van der Waals surface area contributed by atoms with Crippen LogP contribution in [0.15, 0.2) is 18.2 Å². The fourth-order valence-electron chi connectivity index (χ4n) is 5.92. The van der Waals surface area contributed by atoms with Crippen molar-refractivity contribution in [3.63, 3.8) is 0 Å². The van der Waals surface area contributed by atoms with Crippen LogP contribution in [0.25, 0.3) is 0 Å². The van der Waals surface area contributed by atoms with Crippen molar-refractivity contribution >= 4 is 17.5 Å². The molecule has 146 valence electrons. The predicted molar refractivity (Wildman–Crippen MR) is 103 cm³/mol. The standard InChI is InChI=1S/C22H29FN2O2/c1-14-4-5-18(10-19(14)23)25-20(26)3-2-6-24-21(27)22-11-15-7-16(12-22)9-17(8-15)13-22/h4-5,10,15-17H,2-3,6-9,11-13H2,1H3,(H,24,27)(H,25,26). The molecule has 1 aromatic carbocycles. The summed E-state index contributed by atoms with van der Waals surface area (Å²) in [6.07, 6.45) is 8.07. The fourth-order valence-corrected chi connectivity index (χ4v) is 5.92. The van der Waals surface area contributed by atoms with E-state index in [1.807, 2.05) is 0 Å². The molecule has 4 saturated carbocycles. The second-order valence-corrected chi connectivity index (χ2v) is 9.07. The average molecular weight is 372 g/mol. The molecule has 0 aromatic heterocycles. The Morgan fingerprint density at radius 1 is 1.11 bits per heavy atom. The molecule has 4 aliphatic carbocycles. The summed E-state index contributed by atoms with van der Waals surface area (Å²) in [7, 11) is 0. The smallest absolute Gasteiger partial charge is 0.226 e.